The van der Waals surface area contributed by atoms with Gasteiger partial charge < -0.3 is 29.9 Å². The average Bonchev–Trinajstić information content (AvgIpc) is 2.83. The van der Waals surface area contributed by atoms with Crippen LogP contribution in [0, 0.1) is 0 Å². The molecule has 34 heavy (non-hydrogen) atoms. The van der Waals surface area contributed by atoms with Crippen molar-refractivity contribution in [1.82, 2.24) is 15.5 Å². The maximum Gasteiger partial charge on any atom is 0.293 e. The predicted molar refractivity (Wildman–Crippen MR) is 125 cm³/mol. The molecular weight excluding hydrogens is 444 g/mol. The number of likely N-dealkylation sites (N-methyl/N-ethyl adjacent to an activating group) is 1. The van der Waals surface area contributed by atoms with E-state index in [1.807, 2.05) is 0 Å². The van der Waals surface area contributed by atoms with Gasteiger partial charge in [0.25, 0.3) is 6.47 Å². The van der Waals surface area contributed by atoms with Crippen molar-refractivity contribution in [2.24, 2.45) is 0 Å². The SMILES string of the molecule is CNC(=O)CCNC(=O)Cc1ccc(N(C)C(=O)CC(=O)N(C)CCOCCCOC=O)cc1. The predicted octanol–water partition coefficient (Wildman–Crippen LogP) is -0.128. The molecule has 0 heterocycles. The Bertz CT molecular complexity index is 814. The third kappa shape index (κ3) is 11.4. The van der Waals surface area contributed by atoms with Gasteiger partial charge in [0.2, 0.25) is 23.6 Å². The molecule has 0 unspecified atom stereocenters. The van der Waals surface area contributed by atoms with Gasteiger partial charge in [-0.25, -0.2) is 0 Å². The van der Waals surface area contributed by atoms with Gasteiger partial charge in [0.05, 0.1) is 19.6 Å². The molecule has 0 aliphatic carbocycles. The maximum absolute atomic E-state index is 12.5. The van der Waals surface area contributed by atoms with Crippen LogP contribution >= 0.6 is 0 Å². The molecule has 0 saturated carbocycles. The molecule has 0 aromatic heterocycles. The lowest BCUT2D eigenvalue weighted by molar-refractivity contribution is -0.135. The number of nitrogens with one attached hydrogen (secondary N) is 2. The van der Waals surface area contributed by atoms with Crippen LogP contribution in [0.3, 0.4) is 0 Å². The number of anilines is 1. The largest absolute Gasteiger partial charge is 0.468 e. The number of carbonyl (C=O) groups excluding carboxylic acids is 5. The van der Waals surface area contributed by atoms with E-state index in [9.17, 15) is 24.0 Å². The molecule has 0 bridgehead atoms. The molecule has 1 aromatic carbocycles. The highest BCUT2D eigenvalue weighted by Crippen LogP contribution is 2.15. The van der Waals surface area contributed by atoms with Gasteiger partial charge in [-0.1, -0.05) is 12.1 Å². The van der Waals surface area contributed by atoms with Gasteiger partial charge >= 0.3 is 0 Å². The van der Waals surface area contributed by atoms with Gasteiger partial charge in [0, 0.05) is 59.4 Å². The highest BCUT2D eigenvalue weighted by molar-refractivity contribution is 6.04. The summed E-state index contributed by atoms with van der Waals surface area (Å²) in [7, 11) is 4.72. The van der Waals surface area contributed by atoms with E-state index in [0.29, 0.717) is 38.3 Å². The Morgan fingerprint density at radius 3 is 2.32 bits per heavy atom. The minimum atomic E-state index is -0.358. The number of rotatable bonds is 16. The first-order chi connectivity index (χ1) is 16.3. The van der Waals surface area contributed by atoms with Gasteiger partial charge in [-0.3, -0.25) is 24.0 Å². The lowest BCUT2D eigenvalue weighted by atomic mass is 10.1. The highest BCUT2D eigenvalue weighted by Gasteiger charge is 2.18. The zero-order valence-corrected chi connectivity index (χ0v) is 20.0. The van der Waals surface area contributed by atoms with Crippen LogP contribution in [0.2, 0.25) is 0 Å². The summed E-state index contributed by atoms with van der Waals surface area (Å²) in [5, 5.41) is 5.17. The second-order valence-electron chi connectivity index (χ2n) is 7.49. The fourth-order valence-electron chi connectivity index (χ4n) is 2.77. The van der Waals surface area contributed by atoms with E-state index in [1.54, 1.807) is 38.4 Å². The zero-order chi connectivity index (χ0) is 25.3. The van der Waals surface area contributed by atoms with Gasteiger partial charge in [-0.2, -0.15) is 0 Å². The second-order valence-corrected chi connectivity index (χ2v) is 7.49. The Hall–Kier alpha value is -3.47. The Balaban J connectivity index is 2.40. The number of amides is 4. The minimum absolute atomic E-state index is 0.145. The molecule has 1 aromatic rings. The van der Waals surface area contributed by atoms with Crippen LogP contribution in [0.1, 0.15) is 24.8 Å². The fourth-order valence-corrected chi connectivity index (χ4v) is 2.77. The molecule has 0 aliphatic heterocycles. The first kappa shape index (κ1) is 28.6. The summed E-state index contributed by atoms with van der Waals surface area (Å²) in [6.45, 7) is 1.99. The number of carbonyl (C=O) groups is 5. The molecule has 188 valence electrons. The van der Waals surface area contributed by atoms with E-state index < -0.39 is 0 Å². The normalized spacial score (nSPS) is 10.2. The lowest BCUT2D eigenvalue weighted by Crippen LogP contribution is -2.36. The Kier molecular flexibility index (Phi) is 13.6. The standard InChI is InChI=1S/C23H34N4O7/c1-24-20(29)9-10-25-21(30)15-18-5-7-19(8-6-18)27(3)23(32)16-22(31)26(2)11-14-33-12-4-13-34-17-28/h5-8,17H,4,9-16H2,1-3H3,(H,24,29)(H,25,30). The molecule has 4 amide bonds. The molecule has 0 spiro atoms. The smallest absolute Gasteiger partial charge is 0.293 e. The summed E-state index contributed by atoms with van der Waals surface area (Å²) >= 11 is 0. The van der Waals surface area contributed by atoms with E-state index >= 15 is 0 Å². The molecular formula is C23H34N4O7. The van der Waals surface area contributed by atoms with Crippen molar-refractivity contribution in [3.8, 4) is 0 Å². The highest BCUT2D eigenvalue weighted by atomic mass is 16.5. The molecule has 1 rings (SSSR count). The summed E-state index contributed by atoms with van der Waals surface area (Å²) in [6, 6.07) is 6.90. The average molecular weight is 479 g/mol. The van der Waals surface area contributed by atoms with E-state index in [4.69, 9.17) is 4.74 Å². The van der Waals surface area contributed by atoms with E-state index in [1.165, 1.54) is 16.8 Å². The summed E-state index contributed by atoms with van der Waals surface area (Å²) in [5.74, 6) is -1.03. The van der Waals surface area contributed by atoms with Crippen molar-refractivity contribution < 1.29 is 33.4 Å². The molecule has 0 saturated heterocycles. The number of benzene rings is 1. The van der Waals surface area contributed by atoms with Crippen molar-refractivity contribution >= 4 is 35.8 Å². The first-order valence-electron chi connectivity index (χ1n) is 11.0. The summed E-state index contributed by atoms with van der Waals surface area (Å²) in [6.07, 6.45) is 0.657. The van der Waals surface area contributed by atoms with E-state index in [-0.39, 0.29) is 56.0 Å². The number of ether oxygens (including phenoxy) is 2. The Labute approximate surface area is 199 Å². The van der Waals surface area contributed by atoms with Gasteiger partial charge in [-0.15, -0.1) is 0 Å². The van der Waals surface area contributed by atoms with Crippen LogP contribution in [0.4, 0.5) is 5.69 Å². The van der Waals surface area contributed by atoms with Crippen molar-refractivity contribution in [1.29, 1.82) is 0 Å². The monoisotopic (exact) mass is 478 g/mol. The van der Waals surface area contributed by atoms with Crippen LogP contribution in [0.25, 0.3) is 0 Å². The Morgan fingerprint density at radius 1 is 0.971 bits per heavy atom. The van der Waals surface area contributed by atoms with Crippen molar-refractivity contribution in [3.63, 3.8) is 0 Å². The van der Waals surface area contributed by atoms with Crippen LogP contribution in [-0.4, -0.2) is 89.1 Å². The van der Waals surface area contributed by atoms with Crippen LogP contribution in [-0.2, 0) is 39.9 Å². The quantitative estimate of drug-likeness (QED) is 0.192. The summed E-state index contributed by atoms with van der Waals surface area (Å²) < 4.78 is 9.92. The lowest BCUT2D eigenvalue weighted by Gasteiger charge is -2.21. The van der Waals surface area contributed by atoms with E-state index in [0.717, 1.165) is 5.56 Å². The summed E-state index contributed by atoms with van der Waals surface area (Å²) in [5.41, 5.74) is 1.36. The van der Waals surface area contributed by atoms with Crippen molar-refractivity contribution in [3.05, 3.63) is 29.8 Å². The van der Waals surface area contributed by atoms with Crippen molar-refractivity contribution in [2.45, 2.75) is 25.7 Å². The van der Waals surface area contributed by atoms with Crippen molar-refractivity contribution in [2.75, 3.05) is 59.0 Å². The van der Waals surface area contributed by atoms with E-state index in [2.05, 4.69) is 15.4 Å². The number of nitrogens with zero attached hydrogens (tertiary/aromatic N) is 2. The Morgan fingerprint density at radius 2 is 1.68 bits per heavy atom. The van der Waals surface area contributed by atoms with Gasteiger partial charge in [0.1, 0.15) is 6.42 Å². The molecule has 11 heteroatoms. The number of hydrogen-bond donors (Lipinski definition) is 2. The van der Waals surface area contributed by atoms with Crippen LogP contribution in [0.5, 0.6) is 0 Å². The third-order valence-electron chi connectivity index (χ3n) is 4.93. The van der Waals surface area contributed by atoms with Crippen LogP contribution < -0.4 is 15.5 Å². The minimum Gasteiger partial charge on any atom is -0.468 e. The van der Waals surface area contributed by atoms with Gasteiger partial charge in [0.15, 0.2) is 0 Å². The first-order valence-corrected chi connectivity index (χ1v) is 11.0. The molecule has 11 nitrogen and oxygen atoms in total. The van der Waals surface area contributed by atoms with Crippen LogP contribution in [0.15, 0.2) is 24.3 Å². The molecule has 0 radical (unpaired) electrons. The topological polar surface area (TPSA) is 134 Å². The summed E-state index contributed by atoms with van der Waals surface area (Å²) in [4.78, 5) is 60.8. The third-order valence-corrected chi connectivity index (χ3v) is 4.93. The molecule has 0 aliphatic rings. The zero-order valence-electron chi connectivity index (χ0n) is 20.0. The number of hydrogen-bond acceptors (Lipinski definition) is 7. The molecule has 0 atom stereocenters. The second kappa shape index (κ2) is 16.2. The molecule has 2 N–H and O–H groups in total. The maximum atomic E-state index is 12.5. The fraction of sp³-hybridized carbons (Fsp3) is 0.522. The molecule has 0 fully saturated rings. The van der Waals surface area contributed by atoms with Gasteiger partial charge in [-0.05, 0) is 17.7 Å².